The van der Waals surface area contributed by atoms with Crippen molar-refractivity contribution in [2.24, 2.45) is 11.8 Å². The van der Waals surface area contributed by atoms with Gasteiger partial charge in [-0.15, -0.1) is 0 Å². The van der Waals surface area contributed by atoms with Gasteiger partial charge in [-0.3, -0.25) is 4.68 Å². The summed E-state index contributed by atoms with van der Waals surface area (Å²) < 4.78 is 23.2. The Balaban J connectivity index is 1.28. The van der Waals surface area contributed by atoms with E-state index in [1.165, 1.54) is 31.2 Å². The van der Waals surface area contributed by atoms with Crippen molar-refractivity contribution in [1.82, 2.24) is 9.78 Å². The molecular formula is C32H35FN2O. The first kappa shape index (κ1) is 24.5. The van der Waals surface area contributed by atoms with Crippen LogP contribution in [0.15, 0.2) is 78.9 Å². The molecule has 3 nitrogen and oxygen atoms in total. The Kier molecular flexibility index (Phi) is 7.62. The second-order valence-electron chi connectivity index (χ2n) is 10.2. The molecule has 0 radical (unpaired) electrons. The molecule has 0 bridgehead atoms. The summed E-state index contributed by atoms with van der Waals surface area (Å²) in [4.78, 5) is 0. The van der Waals surface area contributed by atoms with E-state index in [1.54, 1.807) is 6.07 Å². The van der Waals surface area contributed by atoms with Crippen molar-refractivity contribution >= 4 is 0 Å². The van der Waals surface area contributed by atoms with Crippen molar-refractivity contribution in [2.75, 3.05) is 6.61 Å². The number of rotatable bonds is 8. The molecule has 0 aliphatic heterocycles. The molecule has 1 heterocycles. The summed E-state index contributed by atoms with van der Waals surface area (Å²) in [6, 6.07) is 26.1. The monoisotopic (exact) mass is 482 g/mol. The maximum Gasteiger partial charge on any atom is 0.132 e. The Labute approximate surface area is 213 Å². The van der Waals surface area contributed by atoms with Crippen LogP contribution >= 0.6 is 0 Å². The molecule has 0 N–H and O–H groups in total. The molecule has 1 fully saturated rings. The average Bonchev–Trinajstić information content (AvgIpc) is 3.21. The summed E-state index contributed by atoms with van der Waals surface area (Å²) >= 11 is 0. The molecule has 1 saturated carbocycles. The van der Waals surface area contributed by atoms with Crippen LogP contribution in [0.1, 0.15) is 42.5 Å². The molecule has 1 aliphatic carbocycles. The fraction of sp³-hybridized carbons (Fsp3) is 0.344. The van der Waals surface area contributed by atoms with Crippen molar-refractivity contribution in [3.63, 3.8) is 0 Å². The lowest BCUT2D eigenvalue weighted by Gasteiger charge is -2.28. The van der Waals surface area contributed by atoms with E-state index in [0.29, 0.717) is 24.0 Å². The van der Waals surface area contributed by atoms with Gasteiger partial charge < -0.3 is 4.74 Å². The summed E-state index contributed by atoms with van der Waals surface area (Å²) in [6.07, 6.45) is 4.72. The van der Waals surface area contributed by atoms with E-state index < -0.39 is 0 Å². The maximum absolute atomic E-state index is 15.0. The van der Waals surface area contributed by atoms with Crippen molar-refractivity contribution in [3.8, 4) is 22.4 Å². The van der Waals surface area contributed by atoms with Crippen LogP contribution in [0.4, 0.5) is 4.39 Å². The Hall–Kier alpha value is -3.24. The minimum absolute atomic E-state index is 0.215. The lowest BCUT2D eigenvalue weighted by atomic mass is 9.82. The summed E-state index contributed by atoms with van der Waals surface area (Å²) in [5.41, 5.74) is 6.66. The van der Waals surface area contributed by atoms with Crippen molar-refractivity contribution in [3.05, 3.63) is 102 Å². The van der Waals surface area contributed by atoms with Crippen LogP contribution in [0.5, 0.6) is 0 Å². The molecule has 0 saturated heterocycles. The van der Waals surface area contributed by atoms with Gasteiger partial charge in [0.15, 0.2) is 0 Å². The summed E-state index contributed by atoms with van der Waals surface area (Å²) in [5, 5.41) is 5.00. The number of halogens is 1. The fourth-order valence-corrected chi connectivity index (χ4v) is 5.42. The van der Waals surface area contributed by atoms with Gasteiger partial charge in [-0.1, -0.05) is 66.7 Å². The first-order valence-electron chi connectivity index (χ1n) is 13.1. The highest BCUT2D eigenvalue weighted by Crippen LogP contribution is 2.37. The molecule has 1 aromatic heterocycles. The molecule has 0 amide bonds. The number of benzene rings is 3. The van der Waals surface area contributed by atoms with Gasteiger partial charge in [0, 0.05) is 30.0 Å². The normalized spacial score (nSPS) is 17.9. The first-order chi connectivity index (χ1) is 17.6. The van der Waals surface area contributed by atoms with Crippen molar-refractivity contribution in [1.29, 1.82) is 0 Å². The average molecular weight is 483 g/mol. The van der Waals surface area contributed by atoms with E-state index in [4.69, 9.17) is 9.84 Å². The van der Waals surface area contributed by atoms with E-state index in [-0.39, 0.29) is 5.82 Å². The van der Waals surface area contributed by atoms with E-state index >= 15 is 4.39 Å². The van der Waals surface area contributed by atoms with Gasteiger partial charge in [0.25, 0.3) is 0 Å². The van der Waals surface area contributed by atoms with Crippen LogP contribution in [0.25, 0.3) is 22.4 Å². The van der Waals surface area contributed by atoms with Crippen LogP contribution in [-0.4, -0.2) is 16.4 Å². The van der Waals surface area contributed by atoms with Crippen LogP contribution < -0.4 is 0 Å². The number of ether oxygens (including phenoxy) is 1. The highest BCUT2D eigenvalue weighted by Gasteiger charge is 2.25. The Morgan fingerprint density at radius 1 is 0.861 bits per heavy atom. The zero-order valence-electron chi connectivity index (χ0n) is 21.3. The predicted molar refractivity (Wildman–Crippen MR) is 144 cm³/mol. The first-order valence-corrected chi connectivity index (χ1v) is 13.1. The van der Waals surface area contributed by atoms with Gasteiger partial charge in [0.05, 0.1) is 6.61 Å². The zero-order valence-corrected chi connectivity index (χ0v) is 21.3. The van der Waals surface area contributed by atoms with Gasteiger partial charge in [-0.05, 0) is 80.2 Å². The second kappa shape index (κ2) is 11.2. The number of aryl methyl sites for hydroxylation is 1. The topological polar surface area (TPSA) is 27.1 Å². The quantitative estimate of drug-likeness (QED) is 0.254. The molecule has 4 heteroatoms. The fourth-order valence-electron chi connectivity index (χ4n) is 5.42. The molecule has 5 rings (SSSR count). The van der Waals surface area contributed by atoms with Crippen LogP contribution in [-0.2, 0) is 17.9 Å². The minimum atomic E-state index is -0.215. The maximum atomic E-state index is 15.0. The standard InChI is InChI=1S/C32H35FN2O/c1-23-13-18-29(30(33)19-23)32-31(28-11-7-4-8-12-28)24(2)35(34-32)20-25-14-16-27(17-15-25)22-36-21-26-9-5-3-6-10-26/h3-13,18-19,25,27H,14-17,20-22H2,1-2H3/t25-,27-. The minimum Gasteiger partial charge on any atom is -0.376 e. The number of aromatic nitrogens is 2. The van der Waals surface area contributed by atoms with E-state index in [0.717, 1.165) is 41.2 Å². The van der Waals surface area contributed by atoms with Gasteiger partial charge >= 0.3 is 0 Å². The van der Waals surface area contributed by atoms with Crippen molar-refractivity contribution in [2.45, 2.75) is 52.7 Å². The molecule has 3 aromatic carbocycles. The van der Waals surface area contributed by atoms with Gasteiger partial charge in [0.1, 0.15) is 11.5 Å². The molecule has 36 heavy (non-hydrogen) atoms. The molecule has 1 aliphatic rings. The molecule has 0 atom stereocenters. The van der Waals surface area contributed by atoms with Gasteiger partial charge in [-0.2, -0.15) is 5.10 Å². The molecule has 4 aromatic rings. The largest absolute Gasteiger partial charge is 0.376 e. The van der Waals surface area contributed by atoms with Crippen LogP contribution in [0, 0.1) is 31.5 Å². The zero-order chi connectivity index (χ0) is 24.9. The second-order valence-corrected chi connectivity index (χ2v) is 10.2. The van der Waals surface area contributed by atoms with E-state index in [9.17, 15) is 0 Å². The third-order valence-corrected chi connectivity index (χ3v) is 7.51. The lowest BCUT2D eigenvalue weighted by molar-refractivity contribution is 0.0653. The van der Waals surface area contributed by atoms with Crippen molar-refractivity contribution < 1.29 is 9.13 Å². The highest BCUT2D eigenvalue weighted by atomic mass is 19.1. The Morgan fingerprint density at radius 3 is 2.22 bits per heavy atom. The summed E-state index contributed by atoms with van der Waals surface area (Å²) in [7, 11) is 0. The molecular weight excluding hydrogens is 447 g/mol. The predicted octanol–water partition coefficient (Wildman–Crippen LogP) is 8.00. The number of hydrogen-bond donors (Lipinski definition) is 0. The SMILES string of the molecule is Cc1ccc(-c2nn(C[C@H]3CC[C@H](COCc4ccccc4)CC3)c(C)c2-c2ccccc2)c(F)c1. The van der Waals surface area contributed by atoms with Gasteiger partial charge in [0.2, 0.25) is 0 Å². The summed E-state index contributed by atoms with van der Waals surface area (Å²) in [6.45, 7) is 6.42. The van der Waals surface area contributed by atoms with E-state index in [1.807, 2.05) is 43.3 Å². The van der Waals surface area contributed by atoms with Gasteiger partial charge in [-0.25, -0.2) is 4.39 Å². The van der Waals surface area contributed by atoms with Crippen LogP contribution in [0.2, 0.25) is 0 Å². The third kappa shape index (κ3) is 5.60. The molecule has 186 valence electrons. The summed E-state index contributed by atoms with van der Waals surface area (Å²) in [5.74, 6) is 0.988. The third-order valence-electron chi connectivity index (χ3n) is 7.51. The smallest absolute Gasteiger partial charge is 0.132 e. The van der Waals surface area contributed by atoms with Crippen LogP contribution in [0.3, 0.4) is 0 Å². The number of nitrogens with zero attached hydrogens (tertiary/aromatic N) is 2. The number of hydrogen-bond acceptors (Lipinski definition) is 2. The Morgan fingerprint density at radius 2 is 1.53 bits per heavy atom. The molecule has 0 unspecified atom stereocenters. The highest BCUT2D eigenvalue weighted by molar-refractivity contribution is 5.83. The molecule has 0 spiro atoms. The lowest BCUT2D eigenvalue weighted by Crippen LogP contribution is -2.22. The Bertz CT molecular complexity index is 1270. The van der Waals surface area contributed by atoms with E-state index in [2.05, 4.69) is 48.0 Å².